The standard InChI is InChI=1S/C36H31N3O5S/c1-20(2)23-10-12-24(13-11-23)32-31(33(40)38-26-8-6-5-7-9-26)22(4)37-36-39(32)34(41)30(45-36)19-27-15-17-29(44-27)28-16-14-25(35(42)43)18-21(28)3/h5-20,32H,1-4H3,(H,38,40)(H,42,43)/b30-19-/t32-/m0/s1. The number of thiazole rings is 1. The fourth-order valence-electron chi connectivity index (χ4n) is 5.49. The van der Waals surface area contributed by atoms with Gasteiger partial charge in [-0.1, -0.05) is 73.7 Å². The predicted molar refractivity (Wildman–Crippen MR) is 175 cm³/mol. The lowest BCUT2D eigenvalue weighted by molar-refractivity contribution is -0.113. The van der Waals surface area contributed by atoms with Gasteiger partial charge in [-0.15, -0.1) is 0 Å². The highest BCUT2D eigenvalue weighted by Gasteiger charge is 2.32. The van der Waals surface area contributed by atoms with Crippen molar-refractivity contribution >= 4 is 35.0 Å². The van der Waals surface area contributed by atoms with Gasteiger partial charge >= 0.3 is 5.97 Å². The summed E-state index contributed by atoms with van der Waals surface area (Å²) in [7, 11) is 0. The van der Waals surface area contributed by atoms with Crippen LogP contribution in [0.4, 0.5) is 5.69 Å². The SMILES string of the molecule is CC1=C(C(=O)Nc2ccccc2)[C@H](c2ccc(C(C)C)cc2)n2c(s/c(=C\c3ccc(-c4ccc(C(=O)O)cc4C)o3)c2=O)=N1. The van der Waals surface area contributed by atoms with Gasteiger partial charge in [-0.2, -0.15) is 0 Å². The molecule has 3 aromatic carbocycles. The topological polar surface area (TPSA) is 114 Å². The van der Waals surface area contributed by atoms with Crippen LogP contribution in [0.15, 0.2) is 110 Å². The molecule has 6 rings (SSSR count). The molecule has 1 aliphatic heterocycles. The lowest BCUT2D eigenvalue weighted by Crippen LogP contribution is -2.40. The van der Waals surface area contributed by atoms with Crippen molar-refractivity contribution < 1.29 is 19.1 Å². The first-order valence-corrected chi connectivity index (χ1v) is 15.4. The Morgan fingerprint density at radius 3 is 2.40 bits per heavy atom. The molecule has 2 N–H and O–H groups in total. The van der Waals surface area contributed by atoms with Gasteiger partial charge in [0.05, 0.1) is 27.4 Å². The van der Waals surface area contributed by atoms with E-state index in [-0.39, 0.29) is 17.0 Å². The van der Waals surface area contributed by atoms with Crippen LogP contribution in [0.3, 0.4) is 0 Å². The van der Waals surface area contributed by atoms with E-state index in [0.717, 1.165) is 22.3 Å². The largest absolute Gasteiger partial charge is 0.478 e. The molecule has 0 unspecified atom stereocenters. The molecule has 0 radical (unpaired) electrons. The highest BCUT2D eigenvalue weighted by Crippen LogP contribution is 2.32. The van der Waals surface area contributed by atoms with Gasteiger partial charge < -0.3 is 14.8 Å². The van der Waals surface area contributed by atoms with Gasteiger partial charge in [0.15, 0.2) is 4.80 Å². The van der Waals surface area contributed by atoms with Crippen molar-refractivity contribution in [3.05, 3.63) is 144 Å². The van der Waals surface area contributed by atoms with Crippen LogP contribution < -0.4 is 20.2 Å². The van der Waals surface area contributed by atoms with Gasteiger partial charge in [0.25, 0.3) is 11.5 Å². The molecule has 1 atom stereocenters. The van der Waals surface area contributed by atoms with E-state index in [1.54, 1.807) is 41.8 Å². The average Bonchev–Trinajstić information content (AvgIpc) is 3.60. The number of carbonyl (C=O) groups is 2. The molecule has 5 aromatic rings. The molecule has 1 aliphatic rings. The van der Waals surface area contributed by atoms with Crippen LogP contribution in [-0.2, 0) is 4.79 Å². The van der Waals surface area contributed by atoms with Crippen LogP contribution in [0.1, 0.15) is 65.5 Å². The van der Waals surface area contributed by atoms with E-state index < -0.39 is 12.0 Å². The summed E-state index contributed by atoms with van der Waals surface area (Å²) in [5.41, 5.74) is 4.98. The highest BCUT2D eigenvalue weighted by molar-refractivity contribution is 7.07. The zero-order valence-corrected chi connectivity index (χ0v) is 26.0. The molecule has 1 amide bonds. The number of amides is 1. The normalized spacial score (nSPS) is 14.8. The fourth-order valence-corrected chi connectivity index (χ4v) is 6.51. The number of anilines is 1. The second-order valence-corrected chi connectivity index (χ2v) is 12.3. The Balaban J connectivity index is 1.43. The Hall–Kier alpha value is -5.28. The van der Waals surface area contributed by atoms with Crippen LogP contribution in [-0.4, -0.2) is 21.6 Å². The maximum absolute atomic E-state index is 14.1. The monoisotopic (exact) mass is 617 g/mol. The number of aromatic carboxylic acids is 1. The Morgan fingerprint density at radius 1 is 1.00 bits per heavy atom. The summed E-state index contributed by atoms with van der Waals surface area (Å²) in [4.78, 5) is 44.4. The summed E-state index contributed by atoms with van der Waals surface area (Å²) in [6, 6.07) is 24.9. The molecule has 9 heteroatoms. The van der Waals surface area contributed by atoms with Gasteiger partial charge in [0, 0.05) is 17.3 Å². The van der Waals surface area contributed by atoms with E-state index in [0.29, 0.717) is 43.7 Å². The highest BCUT2D eigenvalue weighted by atomic mass is 32.1. The Kier molecular flexibility index (Phi) is 7.95. The molecule has 0 bridgehead atoms. The zero-order chi connectivity index (χ0) is 31.8. The summed E-state index contributed by atoms with van der Waals surface area (Å²) in [5.74, 6) is 0.0333. The van der Waals surface area contributed by atoms with E-state index in [4.69, 9.17) is 9.41 Å². The quantitative estimate of drug-likeness (QED) is 0.224. The second-order valence-electron chi connectivity index (χ2n) is 11.3. The number of carboxylic acid groups (broad SMARTS) is 1. The summed E-state index contributed by atoms with van der Waals surface area (Å²) in [6.07, 6.45) is 1.68. The Morgan fingerprint density at radius 2 is 1.73 bits per heavy atom. The summed E-state index contributed by atoms with van der Waals surface area (Å²) < 4.78 is 8.09. The van der Waals surface area contributed by atoms with Crippen molar-refractivity contribution in [3.8, 4) is 11.3 Å². The van der Waals surface area contributed by atoms with Crippen LogP contribution in [0.5, 0.6) is 0 Å². The lowest BCUT2D eigenvalue weighted by atomic mass is 9.93. The predicted octanol–water partition coefficient (Wildman–Crippen LogP) is 6.26. The Labute approximate surface area is 263 Å². The van der Waals surface area contributed by atoms with Crippen molar-refractivity contribution in [2.45, 2.75) is 39.7 Å². The second kappa shape index (κ2) is 12.0. The molecule has 0 saturated carbocycles. The molecule has 8 nitrogen and oxygen atoms in total. The number of para-hydroxylation sites is 1. The number of nitrogens with one attached hydrogen (secondary N) is 1. The smallest absolute Gasteiger partial charge is 0.335 e. The lowest BCUT2D eigenvalue weighted by Gasteiger charge is -2.25. The number of nitrogens with zero attached hydrogens (tertiary/aromatic N) is 2. The minimum absolute atomic E-state index is 0.199. The fraction of sp³-hybridized carbons (Fsp3) is 0.167. The first-order valence-electron chi connectivity index (χ1n) is 14.5. The average molecular weight is 618 g/mol. The van der Waals surface area contributed by atoms with Gasteiger partial charge in [0.2, 0.25) is 0 Å². The van der Waals surface area contributed by atoms with Gasteiger partial charge in [0.1, 0.15) is 11.5 Å². The van der Waals surface area contributed by atoms with Crippen LogP contribution in [0.2, 0.25) is 0 Å². The van der Waals surface area contributed by atoms with E-state index >= 15 is 0 Å². The first kappa shape index (κ1) is 29.8. The molecule has 3 heterocycles. The van der Waals surface area contributed by atoms with Gasteiger partial charge in [-0.3, -0.25) is 14.2 Å². The molecule has 0 fully saturated rings. The number of aromatic nitrogens is 1. The molecule has 226 valence electrons. The van der Waals surface area contributed by atoms with Crippen molar-refractivity contribution in [1.29, 1.82) is 0 Å². The molecule has 0 aliphatic carbocycles. The summed E-state index contributed by atoms with van der Waals surface area (Å²) in [6.45, 7) is 7.85. The Bertz CT molecular complexity index is 2150. The van der Waals surface area contributed by atoms with Crippen molar-refractivity contribution in [2.75, 3.05) is 5.32 Å². The van der Waals surface area contributed by atoms with Crippen molar-refractivity contribution in [1.82, 2.24) is 4.57 Å². The third-order valence-electron chi connectivity index (χ3n) is 7.86. The molecule has 45 heavy (non-hydrogen) atoms. The maximum Gasteiger partial charge on any atom is 0.335 e. The van der Waals surface area contributed by atoms with Gasteiger partial charge in [-0.25, -0.2) is 9.79 Å². The van der Waals surface area contributed by atoms with Gasteiger partial charge in [-0.05, 0) is 72.9 Å². The number of hydrogen-bond donors (Lipinski definition) is 2. The number of hydrogen-bond acceptors (Lipinski definition) is 6. The number of carboxylic acids is 1. The molecule has 2 aromatic heterocycles. The van der Waals surface area contributed by atoms with Crippen molar-refractivity contribution in [2.24, 2.45) is 4.99 Å². The molecule has 0 saturated heterocycles. The number of carbonyl (C=O) groups excluding carboxylic acids is 1. The van der Waals surface area contributed by atoms with Crippen molar-refractivity contribution in [3.63, 3.8) is 0 Å². The zero-order valence-electron chi connectivity index (χ0n) is 25.2. The number of aryl methyl sites for hydroxylation is 1. The minimum Gasteiger partial charge on any atom is -0.478 e. The van der Waals surface area contributed by atoms with Crippen LogP contribution in [0, 0.1) is 6.92 Å². The number of allylic oxidation sites excluding steroid dienone is 1. The van der Waals surface area contributed by atoms with E-state index in [1.165, 1.54) is 17.4 Å². The van der Waals surface area contributed by atoms with E-state index in [1.807, 2.05) is 61.5 Å². The van der Waals surface area contributed by atoms with E-state index in [2.05, 4.69) is 19.2 Å². The van der Waals surface area contributed by atoms with Crippen LogP contribution >= 0.6 is 11.3 Å². The molecular weight excluding hydrogens is 586 g/mol. The van der Waals surface area contributed by atoms with Crippen LogP contribution in [0.25, 0.3) is 17.4 Å². The molecule has 0 spiro atoms. The summed E-state index contributed by atoms with van der Waals surface area (Å²) in [5, 5.41) is 12.3. The number of furan rings is 1. The van der Waals surface area contributed by atoms with E-state index in [9.17, 15) is 19.5 Å². The first-order chi connectivity index (χ1) is 21.6. The number of rotatable bonds is 7. The third-order valence-corrected chi connectivity index (χ3v) is 8.84. The minimum atomic E-state index is -0.995. The third kappa shape index (κ3) is 5.82. The maximum atomic E-state index is 14.1. The molecular formula is C36H31N3O5S. The summed E-state index contributed by atoms with van der Waals surface area (Å²) >= 11 is 1.24. The number of benzene rings is 3. The number of fused-ring (bicyclic) bond motifs is 1.